The largest absolute Gasteiger partial charge is 0.460 e. The molecule has 1 saturated heterocycles. The van der Waals surface area contributed by atoms with Crippen LogP contribution in [0, 0.1) is 11.3 Å². The lowest BCUT2D eigenvalue weighted by molar-refractivity contribution is -0.191. The lowest BCUT2D eigenvalue weighted by Crippen LogP contribution is -2.64. The topological polar surface area (TPSA) is 97.5 Å². The Bertz CT molecular complexity index is 1730. The van der Waals surface area contributed by atoms with Crippen molar-refractivity contribution in [2.24, 2.45) is 11.3 Å². The Balaban J connectivity index is 0.853. The summed E-state index contributed by atoms with van der Waals surface area (Å²) in [5.41, 5.74) is 2.42. The monoisotopic (exact) mass is 640 g/mol. The first-order valence-corrected chi connectivity index (χ1v) is 17.6. The average Bonchev–Trinajstić information content (AvgIpc) is 3.84. The summed E-state index contributed by atoms with van der Waals surface area (Å²) in [4.78, 5) is 29.9. The number of likely N-dealkylation sites (tertiary alicyclic amines) is 1. The highest BCUT2D eigenvalue weighted by Crippen LogP contribution is 2.51. The van der Waals surface area contributed by atoms with Crippen molar-refractivity contribution in [1.29, 1.82) is 0 Å². The van der Waals surface area contributed by atoms with Crippen molar-refractivity contribution in [1.82, 2.24) is 19.9 Å². The summed E-state index contributed by atoms with van der Waals surface area (Å²) in [5.74, 6) is 0.102. The van der Waals surface area contributed by atoms with Crippen LogP contribution in [0.2, 0.25) is 0 Å². The molecule has 3 aliphatic carbocycles. The van der Waals surface area contributed by atoms with Crippen LogP contribution >= 0.6 is 22.7 Å². The first-order valence-electron chi connectivity index (χ1n) is 15.9. The zero-order chi connectivity index (χ0) is 30.6. The highest BCUT2D eigenvalue weighted by atomic mass is 32.1. The van der Waals surface area contributed by atoms with Crippen LogP contribution in [-0.2, 0) is 26.5 Å². The number of hydrogen-bond acceptors (Lipinski definition) is 9. The van der Waals surface area contributed by atoms with Crippen LogP contribution in [0.5, 0.6) is 0 Å². The standard InChI is InChI=1S/C35H36N4O4S2/c40-20-24-17-28-32(27-10-4-9-26(24)27)39(37-36-28)15-6-14-38-21-34(22-38)18-25(19-34)43-33(41)35(42,30-11-5-16-44-30)31-13-12-29(45-31)23-7-2-1-3-8-23/h1-3,5,7-8,11-13,16-17,20,25-27,42H,4,6,9-10,14-15,18-19,21-22H2/t26?,27?,35-/m1/s1. The fourth-order valence-electron chi connectivity index (χ4n) is 8.14. The maximum absolute atomic E-state index is 13.7. The number of aldehydes is 1. The Kier molecular flexibility index (Phi) is 7.36. The molecular formula is C35H36N4O4S2. The predicted octanol–water partition coefficient (Wildman–Crippen LogP) is 5.88. The SMILES string of the molecule is O=CC1=Cc2nnn(CCCN3CC4(CC(OC(=O)[C@@](O)(c5cccs5)c5ccc(-c6ccccc6)s5)C4)C3)c2C2CCCC12. The summed E-state index contributed by atoms with van der Waals surface area (Å²) in [7, 11) is 0. The summed E-state index contributed by atoms with van der Waals surface area (Å²) < 4.78 is 8.08. The Hall–Kier alpha value is -3.44. The van der Waals surface area contributed by atoms with Gasteiger partial charge in [-0.2, -0.15) is 0 Å². The minimum absolute atomic E-state index is 0.176. The molecule has 2 unspecified atom stereocenters. The Morgan fingerprint density at radius 1 is 1.04 bits per heavy atom. The number of carbonyl (C=O) groups is 2. The molecule has 2 saturated carbocycles. The van der Waals surface area contributed by atoms with Gasteiger partial charge in [-0.1, -0.05) is 48.0 Å². The lowest BCUT2D eigenvalue weighted by Gasteiger charge is -2.58. The van der Waals surface area contributed by atoms with E-state index in [9.17, 15) is 14.7 Å². The van der Waals surface area contributed by atoms with E-state index in [1.807, 2.05) is 60.0 Å². The van der Waals surface area contributed by atoms with Crippen LogP contribution in [0.4, 0.5) is 0 Å². The Morgan fingerprint density at radius 3 is 2.64 bits per heavy atom. The number of benzene rings is 1. The second kappa shape index (κ2) is 11.4. The van der Waals surface area contributed by atoms with Gasteiger partial charge >= 0.3 is 5.97 Å². The minimum Gasteiger partial charge on any atom is -0.460 e. The van der Waals surface area contributed by atoms with Gasteiger partial charge in [0.1, 0.15) is 18.1 Å². The van der Waals surface area contributed by atoms with E-state index in [4.69, 9.17) is 4.74 Å². The molecule has 4 aromatic rings. The van der Waals surface area contributed by atoms with Gasteiger partial charge in [0.15, 0.2) is 0 Å². The summed E-state index contributed by atoms with van der Waals surface area (Å²) >= 11 is 2.80. The van der Waals surface area contributed by atoms with Gasteiger partial charge < -0.3 is 14.7 Å². The van der Waals surface area contributed by atoms with E-state index in [-0.39, 0.29) is 11.5 Å². The number of hydrogen-bond donors (Lipinski definition) is 1. The van der Waals surface area contributed by atoms with Gasteiger partial charge in [-0.25, -0.2) is 9.48 Å². The fourth-order valence-corrected chi connectivity index (χ4v) is 10.1. The van der Waals surface area contributed by atoms with Gasteiger partial charge in [0, 0.05) is 35.8 Å². The number of aryl methyl sites for hydroxylation is 1. The van der Waals surface area contributed by atoms with Crippen molar-refractivity contribution in [3.63, 3.8) is 0 Å². The maximum Gasteiger partial charge on any atom is 0.349 e. The van der Waals surface area contributed by atoms with Gasteiger partial charge in [0.05, 0.1) is 15.4 Å². The molecule has 3 aromatic heterocycles. The number of aliphatic hydroxyl groups is 1. The molecule has 4 heterocycles. The van der Waals surface area contributed by atoms with Crippen molar-refractivity contribution in [2.75, 3.05) is 19.6 Å². The minimum atomic E-state index is -1.82. The van der Waals surface area contributed by atoms with Gasteiger partial charge in [-0.3, -0.25) is 4.79 Å². The molecule has 3 fully saturated rings. The van der Waals surface area contributed by atoms with Crippen LogP contribution in [0.1, 0.15) is 65.6 Å². The maximum atomic E-state index is 13.7. The fraction of sp³-hybridized carbons (Fsp3) is 0.429. The zero-order valence-corrected chi connectivity index (χ0v) is 26.6. The number of allylic oxidation sites excluding steroid dienone is 1. The van der Waals surface area contributed by atoms with E-state index >= 15 is 0 Å². The van der Waals surface area contributed by atoms with Crippen LogP contribution in [0.25, 0.3) is 16.5 Å². The molecule has 45 heavy (non-hydrogen) atoms. The van der Waals surface area contributed by atoms with Gasteiger partial charge in [0.25, 0.3) is 0 Å². The van der Waals surface area contributed by atoms with Gasteiger partial charge in [-0.05, 0) is 85.4 Å². The quantitative estimate of drug-likeness (QED) is 0.171. The smallest absolute Gasteiger partial charge is 0.349 e. The number of ether oxygens (including phenoxy) is 1. The summed E-state index contributed by atoms with van der Waals surface area (Å²) in [5, 5.41) is 22.7. The number of fused-ring (bicyclic) bond motifs is 3. The van der Waals surface area contributed by atoms with E-state index in [0.29, 0.717) is 21.6 Å². The van der Waals surface area contributed by atoms with Crippen molar-refractivity contribution < 1.29 is 19.4 Å². The molecule has 1 aromatic carbocycles. The van der Waals surface area contributed by atoms with Crippen molar-refractivity contribution in [3.05, 3.63) is 86.7 Å². The molecule has 0 amide bonds. The lowest BCUT2D eigenvalue weighted by atomic mass is 9.61. The molecule has 10 heteroatoms. The normalized spacial score (nSPS) is 23.4. The zero-order valence-electron chi connectivity index (χ0n) is 25.0. The summed E-state index contributed by atoms with van der Waals surface area (Å²) in [6.07, 6.45) is 8.75. The number of esters is 1. The van der Waals surface area contributed by atoms with Crippen LogP contribution in [-0.4, -0.2) is 63.0 Å². The molecule has 1 N–H and O–H groups in total. The number of thiophene rings is 2. The number of aromatic nitrogens is 3. The third-order valence-corrected chi connectivity index (χ3v) is 12.5. The Morgan fingerprint density at radius 2 is 1.87 bits per heavy atom. The summed E-state index contributed by atoms with van der Waals surface area (Å²) in [6.45, 7) is 3.83. The highest BCUT2D eigenvalue weighted by Gasteiger charge is 2.55. The molecule has 1 aliphatic heterocycles. The van der Waals surface area contributed by atoms with E-state index in [1.165, 1.54) is 28.4 Å². The third kappa shape index (κ3) is 5.02. The van der Waals surface area contributed by atoms with E-state index < -0.39 is 11.6 Å². The van der Waals surface area contributed by atoms with Crippen molar-refractivity contribution >= 4 is 41.0 Å². The second-order valence-corrected chi connectivity index (χ2v) is 15.2. The number of carbonyl (C=O) groups excluding carboxylic acids is 2. The van der Waals surface area contributed by atoms with Crippen molar-refractivity contribution in [2.45, 2.75) is 62.7 Å². The molecule has 8 rings (SSSR count). The summed E-state index contributed by atoms with van der Waals surface area (Å²) in [6, 6.07) is 17.5. The Labute approximate surface area is 270 Å². The predicted molar refractivity (Wildman–Crippen MR) is 174 cm³/mol. The van der Waals surface area contributed by atoms with Gasteiger partial charge in [0.2, 0.25) is 5.60 Å². The molecule has 3 atom stereocenters. The van der Waals surface area contributed by atoms with Gasteiger partial charge in [-0.15, -0.1) is 27.8 Å². The number of nitrogens with zero attached hydrogens (tertiary/aromatic N) is 4. The van der Waals surface area contributed by atoms with Crippen LogP contribution < -0.4 is 0 Å². The molecule has 8 nitrogen and oxygen atoms in total. The molecule has 232 valence electrons. The first kappa shape index (κ1) is 29.0. The van der Waals surface area contributed by atoms with Crippen LogP contribution in [0.3, 0.4) is 0 Å². The van der Waals surface area contributed by atoms with E-state index in [0.717, 1.165) is 92.7 Å². The molecular weight excluding hydrogens is 605 g/mol. The third-order valence-electron chi connectivity index (χ3n) is 10.3. The van der Waals surface area contributed by atoms with Crippen molar-refractivity contribution in [3.8, 4) is 10.4 Å². The molecule has 4 aliphatic rings. The average molecular weight is 641 g/mol. The number of rotatable bonds is 10. The molecule has 1 spiro atoms. The highest BCUT2D eigenvalue weighted by molar-refractivity contribution is 7.16. The van der Waals surface area contributed by atoms with Crippen LogP contribution in [0.15, 0.2) is 65.6 Å². The van der Waals surface area contributed by atoms with E-state index in [2.05, 4.69) is 19.9 Å². The second-order valence-electron chi connectivity index (χ2n) is 13.2. The molecule has 0 bridgehead atoms. The van der Waals surface area contributed by atoms with E-state index in [1.54, 1.807) is 6.07 Å². The first-order chi connectivity index (χ1) is 22.0. The molecule has 0 radical (unpaired) electrons.